The van der Waals surface area contributed by atoms with E-state index in [9.17, 15) is 0 Å². The molecule has 8 unspecified atom stereocenters. The van der Waals surface area contributed by atoms with Crippen molar-refractivity contribution < 1.29 is 4.57 Å². The van der Waals surface area contributed by atoms with Gasteiger partial charge in [0.1, 0.15) is 0 Å². The second-order valence-corrected chi connectivity index (χ2v) is 14.7. The molecule has 0 aliphatic heterocycles. The number of para-hydroxylation sites is 1. The van der Waals surface area contributed by atoms with Crippen LogP contribution in [0.15, 0.2) is 54.2 Å². The summed E-state index contributed by atoms with van der Waals surface area (Å²) >= 11 is 0. The second kappa shape index (κ2) is 9.84. The summed E-state index contributed by atoms with van der Waals surface area (Å²) in [5.74, 6) is 5.53. The highest BCUT2D eigenvalue weighted by molar-refractivity contribution is 5.75. The Morgan fingerprint density at radius 3 is 2.54 bits per heavy atom. The molecule has 0 spiro atoms. The van der Waals surface area contributed by atoms with Gasteiger partial charge in [0.25, 0.3) is 0 Å². The van der Waals surface area contributed by atoms with Gasteiger partial charge in [0.05, 0.1) is 0 Å². The molecule has 1 aromatic heterocycles. The maximum absolute atomic E-state index is 2.77. The van der Waals surface area contributed by atoms with Gasteiger partial charge in [-0.2, -0.15) is 4.57 Å². The van der Waals surface area contributed by atoms with E-state index in [2.05, 4.69) is 87.9 Å². The second-order valence-electron chi connectivity index (χ2n) is 14.7. The monoisotopic (exact) mass is 498 g/mol. The van der Waals surface area contributed by atoms with Crippen LogP contribution in [0.3, 0.4) is 0 Å². The normalized spacial score (nSPS) is 38.1. The summed E-state index contributed by atoms with van der Waals surface area (Å²) in [6.07, 6.45) is 20.7. The van der Waals surface area contributed by atoms with Crippen molar-refractivity contribution >= 4 is 10.9 Å². The van der Waals surface area contributed by atoms with Gasteiger partial charge in [0.15, 0.2) is 12.2 Å². The first kappa shape index (κ1) is 25.6. The first-order valence-electron chi connectivity index (χ1n) is 15.9. The lowest BCUT2D eigenvalue weighted by Crippen LogP contribution is -2.52. The van der Waals surface area contributed by atoms with Crippen molar-refractivity contribution in [3.05, 3.63) is 54.2 Å². The van der Waals surface area contributed by atoms with E-state index in [4.69, 9.17) is 0 Å². The summed E-state index contributed by atoms with van der Waals surface area (Å²) < 4.78 is 2.60. The molecule has 0 radical (unpaired) electrons. The summed E-state index contributed by atoms with van der Waals surface area (Å²) in [6.45, 7) is 12.8. The SMILES string of the molecule is CC(C)CCCC(C)C1CCC2C3CC=C4CC([n+]5cccc6ccccc65)CCC4(C)C3CCC12C. The minimum Gasteiger partial charge on any atom is -0.195 e. The maximum atomic E-state index is 2.77. The standard InChI is InChI=1S/C36H52N/c1-25(2)10-8-11-26(3)31-17-18-32-30-16-15-28-24-29(37-23-9-13-27-12-6-7-14-34(27)37)19-21-35(28,4)33(30)20-22-36(31,32)5/h6-7,9,12-15,23,25-26,29-33H,8,10-11,16-22,24H2,1-5H3/q+1. The summed E-state index contributed by atoms with van der Waals surface area (Å²) in [7, 11) is 0. The Balaban J connectivity index is 1.20. The fraction of sp³-hybridized carbons (Fsp3) is 0.694. The van der Waals surface area contributed by atoms with Gasteiger partial charge in [0, 0.05) is 30.4 Å². The van der Waals surface area contributed by atoms with Crippen LogP contribution in [0.4, 0.5) is 0 Å². The molecule has 200 valence electrons. The van der Waals surface area contributed by atoms with Crippen molar-refractivity contribution in [2.24, 2.45) is 46.3 Å². The number of fused-ring (bicyclic) bond motifs is 6. The van der Waals surface area contributed by atoms with Crippen molar-refractivity contribution in [3.8, 4) is 0 Å². The molecule has 8 atom stereocenters. The fourth-order valence-corrected chi connectivity index (χ4v) is 10.4. The number of allylic oxidation sites excluding steroid dienone is 2. The smallest absolute Gasteiger partial charge is 0.195 e. The van der Waals surface area contributed by atoms with Crippen molar-refractivity contribution in [3.63, 3.8) is 0 Å². The zero-order chi connectivity index (χ0) is 25.8. The van der Waals surface area contributed by atoms with Crippen molar-refractivity contribution in [2.45, 2.75) is 111 Å². The van der Waals surface area contributed by atoms with E-state index < -0.39 is 0 Å². The maximum Gasteiger partial charge on any atom is 0.212 e. The highest BCUT2D eigenvalue weighted by Gasteiger charge is 2.59. The van der Waals surface area contributed by atoms with Crippen molar-refractivity contribution in [2.75, 3.05) is 0 Å². The zero-order valence-electron chi connectivity index (χ0n) is 24.4. The molecule has 1 heterocycles. The Hall–Kier alpha value is -1.63. The largest absolute Gasteiger partial charge is 0.212 e. The first-order valence-corrected chi connectivity index (χ1v) is 15.9. The molecule has 0 amide bonds. The Kier molecular flexibility index (Phi) is 6.82. The molecule has 3 fully saturated rings. The number of pyridine rings is 1. The van der Waals surface area contributed by atoms with Gasteiger partial charge in [0.2, 0.25) is 5.52 Å². The molecule has 1 heteroatoms. The first-order chi connectivity index (χ1) is 17.8. The number of hydrogen-bond acceptors (Lipinski definition) is 0. The van der Waals surface area contributed by atoms with Gasteiger partial charge in [-0.3, -0.25) is 0 Å². The van der Waals surface area contributed by atoms with Crippen LogP contribution in [0, 0.1) is 46.3 Å². The third-order valence-corrected chi connectivity index (χ3v) is 12.4. The van der Waals surface area contributed by atoms with Crippen molar-refractivity contribution in [1.82, 2.24) is 0 Å². The van der Waals surface area contributed by atoms with Crippen LogP contribution in [-0.2, 0) is 0 Å². The van der Waals surface area contributed by atoms with E-state index in [1.54, 1.807) is 0 Å². The molecule has 4 aliphatic carbocycles. The molecule has 1 aromatic carbocycles. The number of rotatable bonds is 6. The van der Waals surface area contributed by atoms with Crippen LogP contribution in [0.25, 0.3) is 10.9 Å². The lowest BCUT2D eigenvalue weighted by atomic mass is 9.47. The fourth-order valence-electron chi connectivity index (χ4n) is 10.4. The average molecular weight is 499 g/mol. The van der Waals surface area contributed by atoms with E-state index in [-0.39, 0.29) is 0 Å². The van der Waals surface area contributed by atoms with E-state index in [1.165, 1.54) is 81.5 Å². The summed E-state index contributed by atoms with van der Waals surface area (Å²) in [5.41, 5.74) is 4.25. The molecule has 0 N–H and O–H groups in total. The summed E-state index contributed by atoms with van der Waals surface area (Å²) in [6, 6.07) is 14.1. The van der Waals surface area contributed by atoms with Crippen LogP contribution >= 0.6 is 0 Å². The third kappa shape index (κ3) is 4.31. The molecule has 1 nitrogen and oxygen atoms in total. The Bertz CT molecular complexity index is 1140. The third-order valence-electron chi connectivity index (χ3n) is 12.4. The van der Waals surface area contributed by atoms with E-state index >= 15 is 0 Å². The van der Waals surface area contributed by atoms with Gasteiger partial charge in [-0.15, -0.1) is 0 Å². The van der Waals surface area contributed by atoms with E-state index in [1.807, 2.05) is 5.57 Å². The van der Waals surface area contributed by atoms with E-state index in [0.29, 0.717) is 16.9 Å². The minimum absolute atomic E-state index is 0.437. The summed E-state index contributed by atoms with van der Waals surface area (Å²) in [5, 5.41) is 1.37. The van der Waals surface area contributed by atoms with Crippen LogP contribution < -0.4 is 4.57 Å². The van der Waals surface area contributed by atoms with Gasteiger partial charge in [-0.25, -0.2) is 0 Å². The Morgan fingerprint density at radius 1 is 0.892 bits per heavy atom. The highest BCUT2D eigenvalue weighted by atomic mass is 15.0. The number of benzene rings is 1. The summed E-state index contributed by atoms with van der Waals surface area (Å²) in [4.78, 5) is 0. The number of aromatic nitrogens is 1. The van der Waals surface area contributed by atoms with Crippen LogP contribution in [0.2, 0.25) is 0 Å². The van der Waals surface area contributed by atoms with Crippen molar-refractivity contribution in [1.29, 1.82) is 0 Å². The lowest BCUT2D eigenvalue weighted by Gasteiger charge is -2.58. The lowest BCUT2D eigenvalue weighted by molar-refractivity contribution is -0.700. The molecule has 3 saturated carbocycles. The number of nitrogens with zero attached hydrogens (tertiary/aromatic N) is 1. The molecule has 37 heavy (non-hydrogen) atoms. The van der Waals surface area contributed by atoms with Gasteiger partial charge in [-0.1, -0.05) is 77.7 Å². The average Bonchev–Trinajstić information content (AvgIpc) is 3.25. The Labute approximate surface area is 227 Å². The molecular formula is C36H52N+. The molecule has 2 aromatic rings. The number of hydrogen-bond donors (Lipinski definition) is 0. The van der Waals surface area contributed by atoms with Crippen LogP contribution in [-0.4, -0.2) is 0 Å². The molecule has 4 aliphatic rings. The van der Waals surface area contributed by atoms with Crippen LogP contribution in [0.5, 0.6) is 0 Å². The molecule has 0 saturated heterocycles. The minimum atomic E-state index is 0.437. The van der Waals surface area contributed by atoms with Gasteiger partial charge >= 0.3 is 0 Å². The van der Waals surface area contributed by atoms with Gasteiger partial charge < -0.3 is 0 Å². The molecule has 0 bridgehead atoms. The zero-order valence-corrected chi connectivity index (χ0v) is 24.4. The quantitative estimate of drug-likeness (QED) is 0.276. The van der Waals surface area contributed by atoms with E-state index in [0.717, 1.165) is 35.5 Å². The predicted octanol–water partition coefficient (Wildman–Crippen LogP) is 9.71. The van der Waals surface area contributed by atoms with Gasteiger partial charge in [-0.05, 0) is 97.0 Å². The Morgan fingerprint density at radius 2 is 1.70 bits per heavy atom. The molecular weight excluding hydrogens is 446 g/mol. The predicted molar refractivity (Wildman–Crippen MR) is 156 cm³/mol. The molecule has 6 rings (SSSR count). The van der Waals surface area contributed by atoms with Crippen LogP contribution in [0.1, 0.15) is 111 Å². The topological polar surface area (TPSA) is 3.88 Å². The highest BCUT2D eigenvalue weighted by Crippen LogP contribution is 2.67.